The molecule has 0 aliphatic rings. The van der Waals surface area contributed by atoms with Crippen molar-refractivity contribution < 1.29 is 34.8 Å². The van der Waals surface area contributed by atoms with Gasteiger partial charge in [0, 0.05) is 12.8 Å². The minimum atomic E-state index is -0.870. The van der Waals surface area contributed by atoms with E-state index in [1.165, 1.54) is 5.56 Å². The molecule has 0 amide bonds. The van der Waals surface area contributed by atoms with Crippen molar-refractivity contribution in [1.29, 1.82) is 0 Å². The molecule has 0 bridgehead atoms. The third kappa shape index (κ3) is 15.9. The number of hydrogen-bond acceptors (Lipinski definition) is 5. The number of unbranched alkanes of at least 4 members (excludes halogenated alkanes) is 2. The van der Waals surface area contributed by atoms with Crippen LogP contribution in [-0.4, -0.2) is 57.8 Å². The Morgan fingerprint density at radius 1 is 1.00 bits per heavy atom. The van der Waals surface area contributed by atoms with Crippen LogP contribution >= 0.6 is 0 Å². The molecule has 1 rings (SSSR count). The first-order valence-electron chi connectivity index (χ1n) is 10.7. The molecule has 0 saturated carbocycles. The highest BCUT2D eigenvalue weighted by Gasteiger charge is 2.20. The summed E-state index contributed by atoms with van der Waals surface area (Å²) in [4.78, 5) is 19.8. The second-order valence-corrected chi connectivity index (χ2v) is 7.48. The highest BCUT2D eigenvalue weighted by atomic mass is 16.5. The Balaban J connectivity index is 0.000000710. The smallest absolute Gasteiger partial charge is 0.303 e. The summed E-state index contributed by atoms with van der Waals surface area (Å²) in [6.07, 6.45) is 4.45. The van der Waals surface area contributed by atoms with Crippen molar-refractivity contribution in [3.05, 3.63) is 35.9 Å². The molecule has 7 heteroatoms. The van der Waals surface area contributed by atoms with Gasteiger partial charge in [0.2, 0.25) is 0 Å². The number of carbonyl (C=O) groups is 2. The van der Waals surface area contributed by atoms with Gasteiger partial charge in [0.05, 0.1) is 25.4 Å². The van der Waals surface area contributed by atoms with E-state index in [1.807, 2.05) is 25.1 Å². The monoisotopic (exact) mass is 426 g/mol. The van der Waals surface area contributed by atoms with Crippen molar-refractivity contribution in [3.8, 4) is 0 Å². The molecular formula is C23H38O7. The van der Waals surface area contributed by atoms with E-state index in [1.54, 1.807) is 0 Å². The number of carboxylic acids is 2. The molecule has 0 fully saturated rings. The molecule has 7 nitrogen and oxygen atoms in total. The van der Waals surface area contributed by atoms with Gasteiger partial charge >= 0.3 is 11.9 Å². The summed E-state index contributed by atoms with van der Waals surface area (Å²) in [7, 11) is 0. The number of carboxylic acid groups (broad SMARTS) is 2. The van der Waals surface area contributed by atoms with Crippen molar-refractivity contribution in [2.45, 2.75) is 77.4 Å². The Kier molecular flexibility index (Phi) is 16.7. The fourth-order valence-corrected chi connectivity index (χ4v) is 2.82. The molecule has 0 spiro atoms. The highest BCUT2D eigenvalue weighted by Crippen LogP contribution is 2.20. The average molecular weight is 427 g/mol. The summed E-state index contributed by atoms with van der Waals surface area (Å²) in [5.41, 5.74) is 1.25. The van der Waals surface area contributed by atoms with Crippen molar-refractivity contribution in [1.82, 2.24) is 0 Å². The molecule has 4 N–H and O–H groups in total. The maximum absolute atomic E-state index is 10.3. The number of rotatable bonds is 15. The van der Waals surface area contributed by atoms with E-state index in [2.05, 4.69) is 19.1 Å². The van der Waals surface area contributed by atoms with Gasteiger partial charge in [0.15, 0.2) is 0 Å². The zero-order chi connectivity index (χ0) is 22.8. The summed E-state index contributed by atoms with van der Waals surface area (Å²) in [5.74, 6) is -1.53. The summed E-state index contributed by atoms with van der Waals surface area (Å²) < 4.78 is 5.45. The van der Waals surface area contributed by atoms with Crippen molar-refractivity contribution in [2.24, 2.45) is 5.92 Å². The largest absolute Gasteiger partial charge is 0.481 e. The summed E-state index contributed by atoms with van der Waals surface area (Å²) in [6, 6.07) is 10.3. The average Bonchev–Trinajstić information content (AvgIpc) is 2.73. The van der Waals surface area contributed by atoms with Crippen LogP contribution in [0.3, 0.4) is 0 Å². The highest BCUT2D eigenvalue weighted by molar-refractivity contribution is 5.67. The zero-order valence-electron chi connectivity index (χ0n) is 18.2. The topological polar surface area (TPSA) is 124 Å². The lowest BCUT2D eigenvalue weighted by atomic mass is 9.89. The quantitative estimate of drug-likeness (QED) is 0.316. The van der Waals surface area contributed by atoms with Gasteiger partial charge in [0.1, 0.15) is 0 Å². The minimum Gasteiger partial charge on any atom is -0.481 e. The van der Waals surface area contributed by atoms with Crippen molar-refractivity contribution in [2.75, 3.05) is 13.2 Å². The van der Waals surface area contributed by atoms with Crippen LogP contribution in [0.2, 0.25) is 0 Å². The third-order valence-corrected chi connectivity index (χ3v) is 4.65. The van der Waals surface area contributed by atoms with Crippen LogP contribution in [0.1, 0.15) is 64.4 Å². The standard InChI is InChI=1S/C17H28O3.C6H10O4/c1-3-4-10-16(11-15-8-6-5-7-9-15)17(19)13-20-14(2)12-18;7-5(8)3-1-2-4-6(9)10/h5-9,14,16-19H,3-4,10-13H2,1-2H3;1-4H2,(H,7,8)(H,9,10). The summed E-state index contributed by atoms with van der Waals surface area (Å²) in [5, 5.41) is 35.6. The van der Waals surface area contributed by atoms with Crippen molar-refractivity contribution in [3.63, 3.8) is 0 Å². The Morgan fingerprint density at radius 2 is 1.57 bits per heavy atom. The second kappa shape index (κ2) is 17.9. The predicted octanol–water partition coefficient (Wildman–Crippen LogP) is 3.51. The molecule has 30 heavy (non-hydrogen) atoms. The van der Waals surface area contributed by atoms with E-state index in [4.69, 9.17) is 20.1 Å². The first-order valence-corrected chi connectivity index (χ1v) is 10.7. The number of hydrogen-bond donors (Lipinski definition) is 4. The molecule has 0 radical (unpaired) electrons. The first-order chi connectivity index (χ1) is 14.3. The van der Waals surface area contributed by atoms with Crippen LogP contribution in [-0.2, 0) is 20.7 Å². The lowest BCUT2D eigenvalue weighted by molar-refractivity contribution is -0.139. The van der Waals surface area contributed by atoms with Crippen LogP contribution in [0.5, 0.6) is 0 Å². The fraction of sp³-hybridized carbons (Fsp3) is 0.652. The fourth-order valence-electron chi connectivity index (χ4n) is 2.82. The molecule has 0 aliphatic carbocycles. The number of aliphatic carboxylic acids is 2. The molecule has 3 atom stereocenters. The van der Waals surface area contributed by atoms with Crippen LogP contribution in [0.15, 0.2) is 30.3 Å². The zero-order valence-corrected chi connectivity index (χ0v) is 18.2. The SMILES string of the molecule is CCCCC(Cc1ccccc1)C(O)COC(C)CO.O=C(O)CCCCC(=O)O. The lowest BCUT2D eigenvalue weighted by Gasteiger charge is -2.24. The summed E-state index contributed by atoms with van der Waals surface area (Å²) >= 11 is 0. The number of aliphatic hydroxyl groups is 2. The minimum absolute atomic E-state index is 0.00890. The molecule has 0 aliphatic heterocycles. The molecule has 1 aromatic rings. The summed E-state index contributed by atoms with van der Waals surface area (Å²) in [6.45, 7) is 4.26. The molecule has 172 valence electrons. The lowest BCUT2D eigenvalue weighted by Crippen LogP contribution is -2.30. The normalized spacial score (nSPS) is 13.6. The Morgan fingerprint density at radius 3 is 2.03 bits per heavy atom. The molecule has 3 unspecified atom stereocenters. The van der Waals surface area contributed by atoms with Gasteiger partial charge in [-0.1, -0.05) is 50.1 Å². The second-order valence-electron chi connectivity index (χ2n) is 7.48. The molecule has 1 aromatic carbocycles. The van der Waals surface area contributed by atoms with E-state index >= 15 is 0 Å². The molecule has 0 saturated heterocycles. The molecule has 0 aromatic heterocycles. The van der Waals surface area contributed by atoms with Crippen LogP contribution in [0.4, 0.5) is 0 Å². The van der Waals surface area contributed by atoms with Crippen LogP contribution < -0.4 is 0 Å². The number of benzene rings is 1. The molecular weight excluding hydrogens is 388 g/mol. The van der Waals surface area contributed by atoms with Gasteiger partial charge in [-0.15, -0.1) is 0 Å². The van der Waals surface area contributed by atoms with Gasteiger partial charge in [-0.25, -0.2) is 0 Å². The molecule has 0 heterocycles. The number of ether oxygens (including phenoxy) is 1. The van der Waals surface area contributed by atoms with Gasteiger partial charge in [0.25, 0.3) is 0 Å². The van der Waals surface area contributed by atoms with E-state index < -0.39 is 18.0 Å². The van der Waals surface area contributed by atoms with Gasteiger partial charge in [-0.2, -0.15) is 0 Å². The van der Waals surface area contributed by atoms with Crippen LogP contribution in [0, 0.1) is 5.92 Å². The number of aliphatic hydroxyl groups excluding tert-OH is 2. The van der Waals surface area contributed by atoms with E-state index in [-0.39, 0.29) is 31.5 Å². The predicted molar refractivity (Wildman–Crippen MR) is 115 cm³/mol. The maximum Gasteiger partial charge on any atom is 0.303 e. The Labute approximate surface area is 179 Å². The Bertz CT molecular complexity index is 546. The maximum atomic E-state index is 10.3. The Hall–Kier alpha value is -1.96. The van der Waals surface area contributed by atoms with Gasteiger partial charge in [-0.05, 0) is 44.1 Å². The first kappa shape index (κ1) is 28.0. The van der Waals surface area contributed by atoms with Gasteiger partial charge < -0.3 is 25.2 Å². The van der Waals surface area contributed by atoms with E-state index in [0.29, 0.717) is 19.4 Å². The van der Waals surface area contributed by atoms with Gasteiger partial charge in [-0.3, -0.25) is 9.59 Å². The van der Waals surface area contributed by atoms with E-state index in [9.17, 15) is 14.7 Å². The van der Waals surface area contributed by atoms with Crippen LogP contribution in [0.25, 0.3) is 0 Å². The van der Waals surface area contributed by atoms with E-state index in [0.717, 1.165) is 25.7 Å². The third-order valence-electron chi connectivity index (χ3n) is 4.65. The van der Waals surface area contributed by atoms with Crippen molar-refractivity contribution >= 4 is 11.9 Å².